The lowest BCUT2D eigenvalue weighted by atomic mass is 9.98. The number of ketones is 1. The van der Waals surface area contributed by atoms with Crippen LogP contribution in [0.2, 0.25) is 5.15 Å². The van der Waals surface area contributed by atoms with Crippen LogP contribution >= 0.6 is 27.5 Å². The van der Waals surface area contributed by atoms with Gasteiger partial charge >= 0.3 is 0 Å². The van der Waals surface area contributed by atoms with E-state index in [1.54, 1.807) is 24.4 Å². The Morgan fingerprint density at radius 1 is 0.892 bits per heavy atom. The van der Waals surface area contributed by atoms with E-state index in [0.29, 0.717) is 44.9 Å². The van der Waals surface area contributed by atoms with Gasteiger partial charge in [-0.2, -0.15) is 0 Å². The zero-order chi connectivity index (χ0) is 27.0. The molecule has 0 aliphatic rings. The summed E-state index contributed by atoms with van der Waals surface area (Å²) in [6.07, 6.45) is 6.67. The first-order valence-electron chi connectivity index (χ1n) is 11.7. The molecule has 192 valence electrons. The van der Waals surface area contributed by atoms with Crippen LogP contribution in [0.15, 0.2) is 47.7 Å². The van der Waals surface area contributed by atoms with E-state index in [-0.39, 0.29) is 11.8 Å². The van der Waals surface area contributed by atoms with Gasteiger partial charge in [-0.25, -0.2) is 19.9 Å². The van der Waals surface area contributed by atoms with E-state index < -0.39 is 0 Å². The fourth-order valence-electron chi connectivity index (χ4n) is 4.12. The summed E-state index contributed by atoms with van der Waals surface area (Å²) in [6, 6.07) is 5.83. The molecule has 0 aliphatic heterocycles. The summed E-state index contributed by atoms with van der Waals surface area (Å²) in [5, 5.41) is 1.96. The van der Waals surface area contributed by atoms with Crippen LogP contribution in [0.5, 0.6) is 0 Å². The molecular formula is C26H28BrClN8O. The lowest BCUT2D eigenvalue weighted by molar-refractivity contribution is 0.103. The van der Waals surface area contributed by atoms with Gasteiger partial charge in [-0.05, 0) is 62.2 Å². The highest BCUT2D eigenvalue weighted by Gasteiger charge is 2.22. The third-order valence-electron chi connectivity index (χ3n) is 6.13. The smallest absolute Gasteiger partial charge is 0.195 e. The number of carbonyl (C=O) groups is 1. The van der Waals surface area contributed by atoms with Crippen molar-refractivity contribution in [3.8, 4) is 0 Å². The molecule has 4 aromatic heterocycles. The van der Waals surface area contributed by atoms with Crippen molar-refractivity contribution in [1.29, 1.82) is 0 Å². The number of aromatic nitrogens is 6. The minimum atomic E-state index is -0.124. The van der Waals surface area contributed by atoms with E-state index in [1.807, 2.05) is 31.5 Å². The van der Waals surface area contributed by atoms with Crippen LogP contribution in [0.4, 0.5) is 11.5 Å². The van der Waals surface area contributed by atoms with E-state index in [1.165, 1.54) is 12.7 Å². The first kappa shape index (κ1) is 26.6. The van der Waals surface area contributed by atoms with Crippen LogP contribution in [0, 0.1) is 6.92 Å². The van der Waals surface area contributed by atoms with Gasteiger partial charge in [0.1, 0.15) is 34.9 Å². The number of nitrogen functional groups attached to an aromatic ring is 2. The quantitative estimate of drug-likeness (QED) is 0.147. The average Bonchev–Trinajstić information content (AvgIpc) is 3.41. The number of nitrogens with zero attached hydrogens (tertiary/aromatic N) is 6. The van der Waals surface area contributed by atoms with Crippen LogP contribution < -0.4 is 11.5 Å². The summed E-state index contributed by atoms with van der Waals surface area (Å²) in [6.45, 7) is 10.1. The number of halogens is 2. The third kappa shape index (κ3) is 4.91. The maximum absolute atomic E-state index is 13.0. The van der Waals surface area contributed by atoms with Crippen LogP contribution in [-0.2, 0) is 0 Å². The Labute approximate surface area is 228 Å². The van der Waals surface area contributed by atoms with Crippen molar-refractivity contribution in [3.63, 3.8) is 0 Å². The van der Waals surface area contributed by atoms with Gasteiger partial charge in [-0.3, -0.25) is 4.79 Å². The summed E-state index contributed by atoms with van der Waals surface area (Å²) in [4.78, 5) is 29.5. The molecule has 37 heavy (non-hydrogen) atoms. The lowest BCUT2D eigenvalue weighted by Gasteiger charge is -2.07. The molecule has 5 rings (SSSR count). The molecule has 0 unspecified atom stereocenters. The second kappa shape index (κ2) is 10.5. The fourth-order valence-corrected chi connectivity index (χ4v) is 5.05. The van der Waals surface area contributed by atoms with Gasteiger partial charge in [0.05, 0.1) is 16.3 Å². The molecule has 0 spiro atoms. The number of carbonyl (C=O) groups excluding carboxylic acids is 1. The van der Waals surface area contributed by atoms with Crippen molar-refractivity contribution in [1.82, 2.24) is 29.1 Å². The number of benzene rings is 1. The Morgan fingerprint density at radius 3 is 2.14 bits per heavy atom. The molecule has 0 atom stereocenters. The average molecular weight is 584 g/mol. The van der Waals surface area contributed by atoms with Crippen molar-refractivity contribution < 1.29 is 4.79 Å². The van der Waals surface area contributed by atoms with Gasteiger partial charge in [0, 0.05) is 40.2 Å². The third-order valence-corrected chi connectivity index (χ3v) is 7.02. The number of fused-ring (bicyclic) bond motifs is 2. The van der Waals surface area contributed by atoms with Gasteiger partial charge in [0.25, 0.3) is 0 Å². The minimum Gasteiger partial charge on any atom is -0.398 e. The maximum Gasteiger partial charge on any atom is 0.195 e. The summed E-state index contributed by atoms with van der Waals surface area (Å²) in [5.74, 6) is 0.181. The topological polar surface area (TPSA) is 131 Å². The molecular weight excluding hydrogens is 556 g/mol. The van der Waals surface area contributed by atoms with Gasteiger partial charge in [-0.1, -0.05) is 23.7 Å². The first-order chi connectivity index (χ1) is 17.5. The second-order valence-electron chi connectivity index (χ2n) is 9.19. The highest BCUT2D eigenvalue weighted by molar-refractivity contribution is 9.10. The standard InChI is InChI=1S/C17H19N5O.C9H9BrClN3/c1-9(2)22-7-12(14-16(19)20-8-21-17(14)22)15(23)11-5-4-6-13(18)10(11)3;1-5(2)14-3-6(10)7-8(11)12-4-13-9(7)14/h4-9H,18H2,1-3H3,(H2,19,20,21);3-5H,1-2H3. The molecule has 4 N–H and O–H groups in total. The molecule has 0 saturated carbocycles. The monoisotopic (exact) mass is 582 g/mol. The predicted molar refractivity (Wildman–Crippen MR) is 152 cm³/mol. The van der Waals surface area contributed by atoms with Crippen LogP contribution in [0.1, 0.15) is 61.3 Å². The normalized spacial score (nSPS) is 11.4. The van der Waals surface area contributed by atoms with Gasteiger partial charge in [0.2, 0.25) is 0 Å². The van der Waals surface area contributed by atoms with Crippen LogP contribution in [-0.4, -0.2) is 34.9 Å². The lowest BCUT2D eigenvalue weighted by Crippen LogP contribution is -2.06. The van der Waals surface area contributed by atoms with E-state index in [9.17, 15) is 4.79 Å². The number of rotatable bonds is 4. The fraction of sp³-hybridized carbons (Fsp3) is 0.269. The zero-order valence-electron chi connectivity index (χ0n) is 21.2. The van der Waals surface area contributed by atoms with Gasteiger partial charge in [0.15, 0.2) is 5.78 Å². The molecule has 5 aromatic rings. The molecule has 1 aromatic carbocycles. The highest BCUT2D eigenvalue weighted by atomic mass is 79.9. The first-order valence-corrected chi connectivity index (χ1v) is 12.9. The molecule has 0 amide bonds. The summed E-state index contributed by atoms with van der Waals surface area (Å²) < 4.78 is 4.93. The highest BCUT2D eigenvalue weighted by Crippen LogP contribution is 2.32. The zero-order valence-corrected chi connectivity index (χ0v) is 23.5. The van der Waals surface area contributed by atoms with E-state index in [0.717, 1.165) is 21.1 Å². The molecule has 4 heterocycles. The maximum atomic E-state index is 13.0. The van der Waals surface area contributed by atoms with Crippen molar-refractivity contribution >= 4 is 66.9 Å². The molecule has 0 bridgehead atoms. The Balaban J connectivity index is 0.000000195. The van der Waals surface area contributed by atoms with Crippen molar-refractivity contribution in [3.05, 3.63) is 69.6 Å². The number of hydrogen-bond acceptors (Lipinski definition) is 7. The Morgan fingerprint density at radius 2 is 1.49 bits per heavy atom. The summed E-state index contributed by atoms with van der Waals surface area (Å²) in [5.41, 5.74) is 15.9. The minimum absolute atomic E-state index is 0.124. The van der Waals surface area contributed by atoms with E-state index in [2.05, 4.69) is 54.3 Å². The van der Waals surface area contributed by atoms with Crippen molar-refractivity contribution in [2.75, 3.05) is 11.5 Å². The summed E-state index contributed by atoms with van der Waals surface area (Å²) in [7, 11) is 0. The van der Waals surface area contributed by atoms with E-state index in [4.69, 9.17) is 23.1 Å². The second-order valence-corrected chi connectivity index (χ2v) is 10.4. The molecule has 11 heteroatoms. The molecule has 0 aliphatic carbocycles. The number of nitrogens with two attached hydrogens (primary N) is 2. The van der Waals surface area contributed by atoms with E-state index >= 15 is 0 Å². The number of hydrogen-bond donors (Lipinski definition) is 2. The van der Waals surface area contributed by atoms with Crippen molar-refractivity contribution in [2.24, 2.45) is 0 Å². The largest absolute Gasteiger partial charge is 0.398 e. The van der Waals surface area contributed by atoms with Crippen LogP contribution in [0.3, 0.4) is 0 Å². The Bertz CT molecular complexity index is 1620. The van der Waals surface area contributed by atoms with Gasteiger partial charge in [-0.15, -0.1) is 0 Å². The summed E-state index contributed by atoms with van der Waals surface area (Å²) >= 11 is 9.44. The molecule has 9 nitrogen and oxygen atoms in total. The Hall–Kier alpha value is -3.50. The van der Waals surface area contributed by atoms with Crippen molar-refractivity contribution in [2.45, 2.75) is 46.7 Å². The Kier molecular flexibility index (Phi) is 7.52. The molecule has 0 saturated heterocycles. The molecule has 0 fully saturated rings. The van der Waals surface area contributed by atoms with Crippen LogP contribution in [0.25, 0.3) is 22.1 Å². The van der Waals surface area contributed by atoms with Gasteiger partial charge < -0.3 is 20.6 Å². The number of anilines is 2. The predicted octanol–water partition coefficient (Wildman–Crippen LogP) is 6.14. The molecule has 0 radical (unpaired) electrons. The SMILES string of the molecule is CC(C)n1cc(Br)c2c(Cl)ncnc21.Cc1c(N)cccc1C(=O)c1cn(C(C)C)c2ncnc(N)c12.